The van der Waals surface area contributed by atoms with Crippen molar-refractivity contribution < 1.29 is 14.8 Å². The first-order chi connectivity index (χ1) is 8.74. The van der Waals surface area contributed by atoms with Gasteiger partial charge in [0, 0.05) is 11.9 Å². The zero-order valence-corrected chi connectivity index (χ0v) is 10.2. The van der Waals surface area contributed by atoms with Crippen molar-refractivity contribution in [2.24, 2.45) is 0 Å². The summed E-state index contributed by atoms with van der Waals surface area (Å²) in [4.78, 5) is 15.2. The number of rotatable bonds is 7. The maximum Gasteiger partial charge on any atom is 0.372 e. The van der Waals surface area contributed by atoms with E-state index in [0.717, 1.165) is 0 Å². The second kappa shape index (κ2) is 5.76. The summed E-state index contributed by atoms with van der Waals surface area (Å²) >= 11 is 1.33. The summed E-state index contributed by atoms with van der Waals surface area (Å²) in [5.74, 6) is 0.160. The molecule has 0 spiro atoms. The number of aliphatic hydroxyl groups is 1. The minimum absolute atomic E-state index is 0.0413. The van der Waals surface area contributed by atoms with Gasteiger partial charge in [-0.25, -0.2) is 0 Å². The Morgan fingerprint density at radius 3 is 3.17 bits per heavy atom. The van der Waals surface area contributed by atoms with Crippen LogP contribution in [-0.4, -0.2) is 45.8 Å². The summed E-state index contributed by atoms with van der Waals surface area (Å²) in [5, 5.41) is 24.1. The predicted molar refractivity (Wildman–Crippen MR) is 66.1 cm³/mol. The van der Waals surface area contributed by atoms with Crippen LogP contribution in [-0.2, 0) is 4.74 Å². The largest absolute Gasteiger partial charge is 0.394 e. The van der Waals surface area contributed by atoms with Gasteiger partial charge in [-0.3, -0.25) is 0 Å². The molecule has 0 radical (unpaired) electrons. The van der Waals surface area contributed by atoms with Gasteiger partial charge in [-0.05, 0) is 4.92 Å². The summed E-state index contributed by atoms with van der Waals surface area (Å²) in [6.45, 7) is 0.955. The molecule has 2 aromatic heterocycles. The summed E-state index contributed by atoms with van der Waals surface area (Å²) in [7, 11) is 0. The van der Waals surface area contributed by atoms with Crippen LogP contribution in [0.1, 0.15) is 0 Å². The van der Waals surface area contributed by atoms with Crippen LogP contribution in [0.5, 0.6) is 0 Å². The van der Waals surface area contributed by atoms with E-state index >= 15 is 0 Å². The summed E-state index contributed by atoms with van der Waals surface area (Å²) in [5.41, 5.74) is 0. The average molecular weight is 272 g/mol. The van der Waals surface area contributed by atoms with Gasteiger partial charge in [-0.2, -0.15) is 9.38 Å². The Hall–Kier alpha value is -1.71. The first kappa shape index (κ1) is 12.7. The van der Waals surface area contributed by atoms with E-state index in [1.165, 1.54) is 15.7 Å². The molecule has 9 heteroatoms. The molecule has 0 bridgehead atoms. The van der Waals surface area contributed by atoms with Gasteiger partial charge in [-0.15, -0.1) is 0 Å². The number of aromatic nitrogens is 2. The second-order valence-electron chi connectivity index (χ2n) is 3.36. The number of nitro groups is 1. The van der Waals surface area contributed by atoms with Gasteiger partial charge in [0.05, 0.1) is 19.8 Å². The highest BCUT2D eigenvalue weighted by Gasteiger charge is 2.22. The fourth-order valence-electron chi connectivity index (χ4n) is 1.48. The van der Waals surface area contributed by atoms with E-state index in [0.29, 0.717) is 18.1 Å². The standard InChI is InChI=1S/C9H12N4O4S/c14-3-5-17-4-1-10-7-8(13(15)16)12-2-6-18-9(12)11-7/h2,6,10,14H,1,3-5H2. The second-order valence-corrected chi connectivity index (χ2v) is 4.23. The van der Waals surface area contributed by atoms with Gasteiger partial charge in [0.2, 0.25) is 5.82 Å². The van der Waals surface area contributed by atoms with Crippen molar-refractivity contribution in [2.45, 2.75) is 0 Å². The lowest BCUT2D eigenvalue weighted by atomic mass is 10.6. The summed E-state index contributed by atoms with van der Waals surface area (Å²) < 4.78 is 6.48. The number of nitrogens with zero attached hydrogens (tertiary/aromatic N) is 3. The van der Waals surface area contributed by atoms with Crippen LogP contribution < -0.4 is 5.32 Å². The first-order valence-electron chi connectivity index (χ1n) is 5.26. The number of thiazole rings is 1. The SMILES string of the molecule is O=[N+]([O-])c1c(NCCOCCO)nc2sccn12. The zero-order chi connectivity index (χ0) is 13.0. The maximum absolute atomic E-state index is 11.0. The highest BCUT2D eigenvalue weighted by Crippen LogP contribution is 2.27. The zero-order valence-electron chi connectivity index (χ0n) is 9.40. The normalized spacial score (nSPS) is 10.9. The van der Waals surface area contributed by atoms with Crippen molar-refractivity contribution in [2.75, 3.05) is 31.7 Å². The predicted octanol–water partition coefficient (Wildman–Crippen LogP) is 0.725. The molecule has 18 heavy (non-hydrogen) atoms. The van der Waals surface area contributed by atoms with Crippen LogP contribution in [0.15, 0.2) is 11.6 Å². The van der Waals surface area contributed by atoms with Gasteiger partial charge in [0.1, 0.15) is 6.20 Å². The Bertz CT molecular complexity index is 538. The molecule has 0 fully saturated rings. The quantitative estimate of drug-likeness (QED) is 0.437. The number of ether oxygens (including phenoxy) is 1. The molecule has 0 amide bonds. The minimum Gasteiger partial charge on any atom is -0.394 e. The van der Waals surface area contributed by atoms with Crippen LogP contribution >= 0.6 is 11.3 Å². The first-order valence-corrected chi connectivity index (χ1v) is 6.14. The number of anilines is 1. The monoisotopic (exact) mass is 272 g/mol. The Balaban J connectivity index is 2.05. The lowest BCUT2D eigenvalue weighted by Crippen LogP contribution is -2.12. The molecule has 0 unspecified atom stereocenters. The van der Waals surface area contributed by atoms with Crippen LogP contribution in [0.3, 0.4) is 0 Å². The van der Waals surface area contributed by atoms with Crippen molar-refractivity contribution >= 4 is 27.9 Å². The lowest BCUT2D eigenvalue weighted by Gasteiger charge is -2.03. The molecule has 98 valence electrons. The van der Waals surface area contributed by atoms with E-state index in [2.05, 4.69) is 10.3 Å². The molecule has 0 atom stereocenters. The van der Waals surface area contributed by atoms with Gasteiger partial charge in [0.25, 0.3) is 4.96 Å². The molecule has 2 heterocycles. The molecule has 0 saturated carbocycles. The fraction of sp³-hybridized carbons (Fsp3) is 0.444. The van der Waals surface area contributed by atoms with Crippen LogP contribution in [0, 0.1) is 10.1 Å². The summed E-state index contributed by atoms with van der Waals surface area (Å²) in [6, 6.07) is 0. The Labute approximate surface area is 106 Å². The van der Waals surface area contributed by atoms with Crippen molar-refractivity contribution in [3.8, 4) is 0 Å². The molecule has 2 rings (SSSR count). The lowest BCUT2D eigenvalue weighted by molar-refractivity contribution is -0.389. The molecule has 2 N–H and O–H groups in total. The van der Waals surface area contributed by atoms with E-state index in [9.17, 15) is 10.1 Å². The van der Waals surface area contributed by atoms with E-state index in [1.54, 1.807) is 11.6 Å². The van der Waals surface area contributed by atoms with E-state index < -0.39 is 4.92 Å². The number of fused-ring (bicyclic) bond motifs is 1. The third-order valence-corrected chi connectivity index (χ3v) is 2.94. The van der Waals surface area contributed by atoms with E-state index in [1.807, 2.05) is 0 Å². The fourth-order valence-corrected chi connectivity index (χ4v) is 2.18. The highest BCUT2D eigenvalue weighted by atomic mass is 32.1. The molecule has 2 aromatic rings. The molecule has 0 aliphatic heterocycles. The molecule has 8 nitrogen and oxygen atoms in total. The van der Waals surface area contributed by atoms with Crippen molar-refractivity contribution in [3.63, 3.8) is 0 Å². The van der Waals surface area contributed by atoms with Gasteiger partial charge in [0.15, 0.2) is 0 Å². The third-order valence-electron chi connectivity index (χ3n) is 2.18. The number of hydrogen-bond donors (Lipinski definition) is 2. The van der Waals surface area contributed by atoms with Gasteiger partial charge in [-0.1, -0.05) is 11.3 Å². The van der Waals surface area contributed by atoms with Gasteiger partial charge >= 0.3 is 5.82 Å². The molecule has 0 aliphatic carbocycles. The van der Waals surface area contributed by atoms with Crippen molar-refractivity contribution in [3.05, 3.63) is 21.7 Å². The van der Waals surface area contributed by atoms with E-state index in [4.69, 9.17) is 9.84 Å². The Kier molecular flexibility index (Phi) is 4.07. The smallest absolute Gasteiger partial charge is 0.372 e. The number of hydrogen-bond acceptors (Lipinski definition) is 7. The average Bonchev–Trinajstić information content (AvgIpc) is 2.87. The molecule has 0 aromatic carbocycles. The third kappa shape index (κ3) is 2.58. The van der Waals surface area contributed by atoms with Crippen molar-refractivity contribution in [1.82, 2.24) is 9.38 Å². The Morgan fingerprint density at radius 2 is 2.44 bits per heavy atom. The maximum atomic E-state index is 11.0. The van der Waals surface area contributed by atoms with Crippen LogP contribution in [0.25, 0.3) is 4.96 Å². The number of imidazole rings is 1. The summed E-state index contributed by atoms with van der Waals surface area (Å²) in [6.07, 6.45) is 1.61. The molecular weight excluding hydrogens is 260 g/mol. The Morgan fingerprint density at radius 1 is 1.61 bits per heavy atom. The highest BCUT2D eigenvalue weighted by molar-refractivity contribution is 7.15. The number of aliphatic hydroxyl groups excluding tert-OH is 1. The molecular formula is C9H12N4O4S. The number of nitrogens with one attached hydrogen (secondary N) is 1. The van der Waals surface area contributed by atoms with Crippen molar-refractivity contribution in [1.29, 1.82) is 0 Å². The van der Waals surface area contributed by atoms with E-state index in [-0.39, 0.29) is 24.8 Å². The topological polar surface area (TPSA) is 102 Å². The minimum atomic E-state index is -0.469. The van der Waals surface area contributed by atoms with Crippen LogP contribution in [0.4, 0.5) is 11.6 Å². The van der Waals surface area contributed by atoms with Gasteiger partial charge < -0.3 is 25.3 Å². The van der Waals surface area contributed by atoms with Crippen LogP contribution in [0.2, 0.25) is 0 Å². The molecule has 0 saturated heterocycles. The molecule has 0 aliphatic rings.